The van der Waals surface area contributed by atoms with Gasteiger partial charge in [-0.15, -0.1) is 0 Å². The van der Waals surface area contributed by atoms with Crippen molar-refractivity contribution in [1.82, 2.24) is 15.2 Å². The zero-order chi connectivity index (χ0) is 11.8. The van der Waals surface area contributed by atoms with Crippen LogP contribution in [0.4, 0.5) is 0 Å². The number of hydrogen-bond donors (Lipinski definition) is 1. The van der Waals surface area contributed by atoms with Crippen molar-refractivity contribution in [2.75, 3.05) is 27.2 Å². The van der Waals surface area contributed by atoms with Crippen LogP contribution >= 0.6 is 0 Å². The van der Waals surface area contributed by atoms with Gasteiger partial charge in [0.25, 0.3) is 0 Å². The zero-order valence-corrected chi connectivity index (χ0v) is 9.94. The maximum Gasteiger partial charge on any atom is 0.234 e. The summed E-state index contributed by atoms with van der Waals surface area (Å²) in [6, 6.07) is 3.98. The molecule has 0 aliphatic heterocycles. The van der Waals surface area contributed by atoms with E-state index in [2.05, 4.69) is 16.4 Å². The highest BCUT2D eigenvalue weighted by Crippen LogP contribution is 1.98. The van der Waals surface area contributed by atoms with Gasteiger partial charge in [-0.3, -0.25) is 9.78 Å². The summed E-state index contributed by atoms with van der Waals surface area (Å²) in [6.07, 6.45) is 5.53. The number of hydrogen-bond acceptors (Lipinski definition) is 3. The minimum Gasteiger partial charge on any atom is -0.355 e. The van der Waals surface area contributed by atoms with Crippen LogP contribution in [0.5, 0.6) is 0 Å². The van der Waals surface area contributed by atoms with Gasteiger partial charge in [0.2, 0.25) is 5.91 Å². The second kappa shape index (κ2) is 6.95. The van der Waals surface area contributed by atoms with E-state index in [0.717, 1.165) is 19.4 Å². The van der Waals surface area contributed by atoms with E-state index in [1.165, 1.54) is 5.56 Å². The third-order valence-corrected chi connectivity index (χ3v) is 2.15. The second-order valence-corrected chi connectivity index (χ2v) is 4.05. The SMILES string of the molecule is CN(C)CC(=O)NCCCc1cccnc1. The topological polar surface area (TPSA) is 45.2 Å². The van der Waals surface area contributed by atoms with Crippen LogP contribution in [0, 0.1) is 0 Å². The third kappa shape index (κ3) is 5.46. The number of nitrogens with zero attached hydrogens (tertiary/aromatic N) is 2. The van der Waals surface area contributed by atoms with E-state index in [-0.39, 0.29) is 5.91 Å². The summed E-state index contributed by atoms with van der Waals surface area (Å²) in [7, 11) is 3.77. The molecule has 0 radical (unpaired) electrons. The Kier molecular flexibility index (Phi) is 5.50. The Morgan fingerprint density at radius 3 is 2.94 bits per heavy atom. The van der Waals surface area contributed by atoms with Crippen LogP contribution in [0.15, 0.2) is 24.5 Å². The minimum absolute atomic E-state index is 0.0798. The molecule has 0 saturated carbocycles. The Balaban J connectivity index is 2.10. The third-order valence-electron chi connectivity index (χ3n) is 2.15. The van der Waals surface area contributed by atoms with Gasteiger partial charge in [0.05, 0.1) is 6.54 Å². The first-order valence-corrected chi connectivity index (χ1v) is 5.49. The highest BCUT2D eigenvalue weighted by molar-refractivity contribution is 5.77. The van der Waals surface area contributed by atoms with Gasteiger partial charge in [0.1, 0.15) is 0 Å². The number of aryl methyl sites for hydroxylation is 1. The van der Waals surface area contributed by atoms with Gasteiger partial charge in [0, 0.05) is 18.9 Å². The lowest BCUT2D eigenvalue weighted by Crippen LogP contribution is -2.33. The van der Waals surface area contributed by atoms with Crippen LogP contribution in [0.3, 0.4) is 0 Å². The van der Waals surface area contributed by atoms with Gasteiger partial charge < -0.3 is 10.2 Å². The Labute approximate surface area is 96.7 Å². The summed E-state index contributed by atoms with van der Waals surface area (Å²) in [4.78, 5) is 17.2. The average molecular weight is 221 g/mol. The van der Waals surface area contributed by atoms with Crippen LogP contribution < -0.4 is 5.32 Å². The van der Waals surface area contributed by atoms with Gasteiger partial charge in [-0.1, -0.05) is 6.07 Å². The molecule has 0 bridgehead atoms. The fourth-order valence-corrected chi connectivity index (χ4v) is 1.41. The first-order valence-electron chi connectivity index (χ1n) is 5.49. The van der Waals surface area contributed by atoms with Crippen molar-refractivity contribution in [3.05, 3.63) is 30.1 Å². The molecular formula is C12H19N3O. The molecule has 0 unspecified atom stereocenters. The molecule has 1 amide bonds. The predicted molar refractivity (Wildman–Crippen MR) is 64.1 cm³/mol. The van der Waals surface area contributed by atoms with Gasteiger partial charge in [0.15, 0.2) is 0 Å². The van der Waals surface area contributed by atoms with Crippen molar-refractivity contribution in [2.45, 2.75) is 12.8 Å². The van der Waals surface area contributed by atoms with Crippen molar-refractivity contribution < 1.29 is 4.79 Å². The predicted octanol–water partition coefficient (Wildman–Crippen LogP) is 0.692. The van der Waals surface area contributed by atoms with E-state index >= 15 is 0 Å². The molecule has 1 N–H and O–H groups in total. The molecule has 4 nitrogen and oxygen atoms in total. The van der Waals surface area contributed by atoms with Crippen molar-refractivity contribution in [3.63, 3.8) is 0 Å². The van der Waals surface area contributed by atoms with Crippen LogP contribution in [0.2, 0.25) is 0 Å². The number of rotatable bonds is 6. The largest absolute Gasteiger partial charge is 0.355 e. The first-order chi connectivity index (χ1) is 7.68. The molecule has 0 aliphatic rings. The van der Waals surface area contributed by atoms with Gasteiger partial charge >= 0.3 is 0 Å². The van der Waals surface area contributed by atoms with Crippen LogP contribution in [-0.4, -0.2) is 43.0 Å². The van der Waals surface area contributed by atoms with Crippen molar-refractivity contribution >= 4 is 5.91 Å². The number of carbonyl (C=O) groups excluding carboxylic acids is 1. The number of aromatic nitrogens is 1. The zero-order valence-electron chi connectivity index (χ0n) is 9.94. The first kappa shape index (κ1) is 12.6. The summed E-state index contributed by atoms with van der Waals surface area (Å²) in [5, 5.41) is 2.88. The standard InChI is InChI=1S/C12H19N3O/c1-15(2)10-12(16)14-8-4-6-11-5-3-7-13-9-11/h3,5,7,9H,4,6,8,10H2,1-2H3,(H,14,16). The smallest absolute Gasteiger partial charge is 0.234 e. The van der Waals surface area contributed by atoms with Crippen LogP contribution in [-0.2, 0) is 11.2 Å². The quantitative estimate of drug-likeness (QED) is 0.719. The minimum atomic E-state index is 0.0798. The van der Waals surface area contributed by atoms with Gasteiger partial charge in [-0.2, -0.15) is 0 Å². The molecule has 0 aromatic carbocycles. The maximum atomic E-state index is 11.3. The molecule has 0 spiro atoms. The Morgan fingerprint density at radius 2 is 2.31 bits per heavy atom. The monoisotopic (exact) mass is 221 g/mol. The van der Waals surface area contributed by atoms with Gasteiger partial charge in [-0.05, 0) is 38.6 Å². The van der Waals surface area contributed by atoms with E-state index in [1.54, 1.807) is 6.20 Å². The molecule has 88 valence electrons. The molecule has 1 heterocycles. The highest BCUT2D eigenvalue weighted by atomic mass is 16.1. The maximum absolute atomic E-state index is 11.3. The van der Waals surface area contributed by atoms with E-state index in [9.17, 15) is 4.79 Å². The molecule has 1 aromatic heterocycles. The molecular weight excluding hydrogens is 202 g/mol. The summed E-state index contributed by atoms with van der Waals surface area (Å²) in [6.45, 7) is 1.18. The Morgan fingerprint density at radius 1 is 1.50 bits per heavy atom. The fraction of sp³-hybridized carbons (Fsp3) is 0.500. The Hall–Kier alpha value is -1.42. The highest BCUT2D eigenvalue weighted by Gasteiger charge is 2.01. The van der Waals surface area contributed by atoms with E-state index < -0.39 is 0 Å². The lowest BCUT2D eigenvalue weighted by atomic mass is 10.1. The summed E-state index contributed by atoms with van der Waals surface area (Å²) >= 11 is 0. The lowest BCUT2D eigenvalue weighted by molar-refractivity contribution is -0.121. The van der Waals surface area contributed by atoms with E-state index in [0.29, 0.717) is 6.54 Å². The summed E-state index contributed by atoms with van der Waals surface area (Å²) < 4.78 is 0. The van der Waals surface area contributed by atoms with Crippen molar-refractivity contribution in [2.24, 2.45) is 0 Å². The van der Waals surface area contributed by atoms with Crippen molar-refractivity contribution in [1.29, 1.82) is 0 Å². The summed E-state index contributed by atoms with van der Waals surface area (Å²) in [5.41, 5.74) is 1.21. The molecule has 16 heavy (non-hydrogen) atoms. The number of carbonyl (C=O) groups is 1. The fourth-order valence-electron chi connectivity index (χ4n) is 1.41. The average Bonchev–Trinajstić information content (AvgIpc) is 2.25. The molecule has 0 saturated heterocycles. The molecule has 1 aromatic rings. The number of nitrogens with one attached hydrogen (secondary N) is 1. The Bertz CT molecular complexity index is 311. The number of pyridine rings is 1. The molecule has 0 atom stereocenters. The van der Waals surface area contributed by atoms with E-state index in [4.69, 9.17) is 0 Å². The van der Waals surface area contributed by atoms with E-state index in [1.807, 2.05) is 31.3 Å². The molecule has 1 rings (SSSR count). The number of likely N-dealkylation sites (N-methyl/N-ethyl adjacent to an activating group) is 1. The normalized spacial score (nSPS) is 10.4. The molecule has 0 fully saturated rings. The molecule has 0 aliphatic carbocycles. The van der Waals surface area contributed by atoms with Crippen LogP contribution in [0.25, 0.3) is 0 Å². The lowest BCUT2D eigenvalue weighted by Gasteiger charge is -2.09. The molecule has 4 heteroatoms. The summed E-state index contributed by atoms with van der Waals surface area (Å²) in [5.74, 6) is 0.0798. The second-order valence-electron chi connectivity index (χ2n) is 4.05. The number of amides is 1. The van der Waals surface area contributed by atoms with Gasteiger partial charge in [-0.25, -0.2) is 0 Å². The van der Waals surface area contributed by atoms with Crippen molar-refractivity contribution in [3.8, 4) is 0 Å². The van der Waals surface area contributed by atoms with Crippen LogP contribution in [0.1, 0.15) is 12.0 Å².